The third-order valence-electron chi connectivity index (χ3n) is 2.97. The summed E-state index contributed by atoms with van der Waals surface area (Å²) in [5, 5.41) is 3.14. The average Bonchev–Trinajstić information content (AvgIpc) is 2.83. The van der Waals surface area contributed by atoms with Crippen molar-refractivity contribution in [1.29, 1.82) is 0 Å². The van der Waals surface area contributed by atoms with Gasteiger partial charge in [0.15, 0.2) is 0 Å². The summed E-state index contributed by atoms with van der Waals surface area (Å²) >= 11 is 3.37. The van der Waals surface area contributed by atoms with Gasteiger partial charge in [-0.1, -0.05) is 22.9 Å². The molecule has 4 heteroatoms. The van der Waals surface area contributed by atoms with E-state index in [0.717, 1.165) is 22.2 Å². The normalized spacial score (nSPS) is 12.7. The van der Waals surface area contributed by atoms with Gasteiger partial charge < -0.3 is 9.73 Å². The molecule has 1 N–H and O–H groups in total. The van der Waals surface area contributed by atoms with Crippen LogP contribution in [-0.4, -0.2) is 7.05 Å². The van der Waals surface area contributed by atoms with Gasteiger partial charge in [0.2, 0.25) is 0 Å². The minimum Gasteiger partial charge on any atom is -0.469 e. The molecule has 0 amide bonds. The Morgan fingerprint density at radius 1 is 1.33 bits per heavy atom. The summed E-state index contributed by atoms with van der Waals surface area (Å²) in [5.41, 5.74) is 1.60. The zero-order valence-electron chi connectivity index (χ0n) is 10.3. The van der Waals surface area contributed by atoms with E-state index in [9.17, 15) is 4.39 Å². The largest absolute Gasteiger partial charge is 0.469 e. The van der Waals surface area contributed by atoms with Crippen LogP contribution in [0, 0.1) is 5.82 Å². The highest BCUT2D eigenvalue weighted by Gasteiger charge is 2.20. The first kappa shape index (κ1) is 13.3. The number of aryl methyl sites for hydroxylation is 1. The quantitative estimate of drug-likeness (QED) is 0.921. The van der Waals surface area contributed by atoms with Crippen molar-refractivity contribution in [1.82, 2.24) is 5.32 Å². The van der Waals surface area contributed by atoms with Crippen molar-refractivity contribution in [2.24, 2.45) is 0 Å². The predicted molar refractivity (Wildman–Crippen MR) is 73.1 cm³/mol. The third kappa shape index (κ3) is 2.49. The second kappa shape index (κ2) is 5.67. The molecule has 1 aromatic carbocycles. The van der Waals surface area contributed by atoms with Gasteiger partial charge in [-0.2, -0.15) is 0 Å². The average molecular weight is 312 g/mol. The molecule has 0 aliphatic heterocycles. The molecule has 2 aromatic rings. The summed E-state index contributed by atoms with van der Waals surface area (Å²) < 4.78 is 20.2. The number of nitrogens with one attached hydrogen (secondary N) is 1. The Morgan fingerprint density at radius 2 is 2.11 bits per heavy atom. The van der Waals surface area contributed by atoms with E-state index in [1.165, 1.54) is 6.07 Å². The number of hydrogen-bond donors (Lipinski definition) is 1. The fourth-order valence-corrected chi connectivity index (χ4v) is 2.49. The zero-order chi connectivity index (χ0) is 13.1. The third-order valence-corrected chi connectivity index (χ3v) is 3.46. The Bertz CT molecular complexity index is 538. The first-order valence-electron chi connectivity index (χ1n) is 5.85. The van der Waals surface area contributed by atoms with Crippen molar-refractivity contribution in [3.05, 3.63) is 57.7 Å². The van der Waals surface area contributed by atoms with E-state index in [2.05, 4.69) is 21.2 Å². The van der Waals surface area contributed by atoms with Crippen LogP contribution in [0.1, 0.15) is 29.9 Å². The van der Waals surface area contributed by atoms with E-state index < -0.39 is 0 Å². The van der Waals surface area contributed by atoms with Gasteiger partial charge in [0.25, 0.3) is 0 Å². The molecule has 0 saturated carbocycles. The Morgan fingerprint density at radius 3 is 2.78 bits per heavy atom. The summed E-state index contributed by atoms with van der Waals surface area (Å²) in [5.74, 6) is 0.662. The van der Waals surface area contributed by atoms with E-state index in [1.54, 1.807) is 18.4 Å². The van der Waals surface area contributed by atoms with Gasteiger partial charge in [-0.05, 0) is 31.3 Å². The lowest BCUT2D eigenvalue weighted by atomic mass is 9.98. The van der Waals surface area contributed by atoms with Crippen LogP contribution in [0.25, 0.3) is 0 Å². The van der Waals surface area contributed by atoms with Crippen LogP contribution in [0.15, 0.2) is 39.4 Å². The van der Waals surface area contributed by atoms with Crippen LogP contribution in [0.5, 0.6) is 0 Å². The molecule has 1 atom stereocenters. The van der Waals surface area contributed by atoms with Crippen LogP contribution < -0.4 is 5.32 Å². The molecular formula is C14H15BrFNO. The van der Waals surface area contributed by atoms with Gasteiger partial charge in [-0.25, -0.2) is 4.39 Å². The molecule has 1 unspecified atom stereocenters. The zero-order valence-corrected chi connectivity index (χ0v) is 11.9. The number of hydrogen-bond acceptors (Lipinski definition) is 2. The van der Waals surface area contributed by atoms with Crippen LogP contribution in [-0.2, 0) is 6.42 Å². The molecule has 0 spiro atoms. The first-order chi connectivity index (χ1) is 8.67. The van der Waals surface area contributed by atoms with Crippen molar-refractivity contribution in [2.45, 2.75) is 19.4 Å². The summed E-state index contributed by atoms with van der Waals surface area (Å²) in [6.07, 6.45) is 2.44. The van der Waals surface area contributed by atoms with Crippen molar-refractivity contribution in [3.63, 3.8) is 0 Å². The molecule has 1 aromatic heterocycles. The van der Waals surface area contributed by atoms with E-state index in [1.807, 2.05) is 20.0 Å². The van der Waals surface area contributed by atoms with Crippen molar-refractivity contribution < 1.29 is 8.81 Å². The minimum absolute atomic E-state index is 0.198. The highest BCUT2D eigenvalue weighted by atomic mass is 79.9. The Kier molecular flexibility index (Phi) is 4.19. The lowest BCUT2D eigenvalue weighted by molar-refractivity contribution is 0.501. The summed E-state index contributed by atoms with van der Waals surface area (Å²) in [6.45, 7) is 2.02. The fraction of sp³-hybridized carbons (Fsp3) is 0.286. The molecule has 0 aliphatic carbocycles. The van der Waals surface area contributed by atoms with Gasteiger partial charge in [0.1, 0.15) is 11.6 Å². The molecule has 0 radical (unpaired) electrons. The maximum Gasteiger partial charge on any atom is 0.128 e. The monoisotopic (exact) mass is 311 g/mol. The molecule has 1 heterocycles. The first-order valence-corrected chi connectivity index (χ1v) is 6.65. The molecule has 96 valence electrons. The van der Waals surface area contributed by atoms with Crippen molar-refractivity contribution in [2.75, 3.05) is 7.05 Å². The molecule has 0 aliphatic rings. The van der Waals surface area contributed by atoms with Gasteiger partial charge in [0.05, 0.1) is 12.3 Å². The number of rotatable bonds is 4. The maximum atomic E-state index is 13.9. The fourth-order valence-electron chi connectivity index (χ4n) is 2.11. The molecule has 0 saturated heterocycles. The number of benzene rings is 1. The predicted octanol–water partition coefficient (Wildman–Crippen LogP) is 4.05. The smallest absolute Gasteiger partial charge is 0.128 e. The highest BCUT2D eigenvalue weighted by Crippen LogP contribution is 2.29. The second-order valence-electron chi connectivity index (χ2n) is 4.04. The second-order valence-corrected chi connectivity index (χ2v) is 4.96. The number of halogens is 2. The van der Waals surface area contributed by atoms with Gasteiger partial charge in [0, 0.05) is 22.0 Å². The van der Waals surface area contributed by atoms with E-state index in [4.69, 9.17) is 4.42 Å². The topological polar surface area (TPSA) is 25.2 Å². The minimum atomic E-state index is -0.221. The summed E-state index contributed by atoms with van der Waals surface area (Å²) in [4.78, 5) is 0. The van der Waals surface area contributed by atoms with Crippen LogP contribution in [0.3, 0.4) is 0 Å². The van der Waals surface area contributed by atoms with Crippen LogP contribution in [0.2, 0.25) is 0 Å². The Hall–Kier alpha value is -1.13. The SMILES string of the molecule is CCc1occc1C(NC)c1cc(Br)ccc1F. The van der Waals surface area contributed by atoms with E-state index in [0.29, 0.717) is 5.56 Å². The van der Waals surface area contributed by atoms with E-state index in [-0.39, 0.29) is 11.9 Å². The highest BCUT2D eigenvalue weighted by molar-refractivity contribution is 9.10. The standard InChI is InChI=1S/C14H15BrFNO/c1-3-13-10(6-7-18-13)14(17-2)11-8-9(15)4-5-12(11)16/h4-8,14,17H,3H2,1-2H3. The molecule has 18 heavy (non-hydrogen) atoms. The van der Waals surface area contributed by atoms with Gasteiger partial charge in [-0.3, -0.25) is 0 Å². The van der Waals surface area contributed by atoms with Crippen LogP contribution >= 0.6 is 15.9 Å². The van der Waals surface area contributed by atoms with Gasteiger partial charge in [-0.15, -0.1) is 0 Å². The molecule has 0 fully saturated rings. The van der Waals surface area contributed by atoms with Crippen molar-refractivity contribution >= 4 is 15.9 Å². The molecule has 2 nitrogen and oxygen atoms in total. The van der Waals surface area contributed by atoms with E-state index >= 15 is 0 Å². The molecule has 2 rings (SSSR count). The molecule has 0 bridgehead atoms. The Labute approximate surface area is 114 Å². The van der Waals surface area contributed by atoms with Gasteiger partial charge >= 0.3 is 0 Å². The lowest BCUT2D eigenvalue weighted by Gasteiger charge is -2.17. The van der Waals surface area contributed by atoms with Crippen LogP contribution in [0.4, 0.5) is 4.39 Å². The maximum absolute atomic E-state index is 13.9. The Balaban J connectivity index is 2.48. The molecular weight excluding hydrogens is 297 g/mol. The van der Waals surface area contributed by atoms with Crippen molar-refractivity contribution in [3.8, 4) is 0 Å². The summed E-state index contributed by atoms with van der Waals surface area (Å²) in [7, 11) is 1.82. The number of furan rings is 1. The lowest BCUT2D eigenvalue weighted by Crippen LogP contribution is -2.19. The summed E-state index contributed by atoms with van der Waals surface area (Å²) in [6, 6.07) is 6.65.